The average Bonchev–Trinajstić information content (AvgIpc) is 2.58. The maximum absolute atomic E-state index is 12.1. The molecule has 0 aliphatic heterocycles. The minimum Gasteiger partial charge on any atom is -0.465 e. The molecular formula is C21H35NO2S. The molecule has 1 aromatic rings. The monoisotopic (exact) mass is 365 g/mol. The third kappa shape index (κ3) is 9.78. The normalized spacial score (nSPS) is 12.2. The lowest BCUT2D eigenvalue weighted by atomic mass is 10.1. The number of rotatable bonds is 13. The Morgan fingerprint density at radius 2 is 1.76 bits per heavy atom. The summed E-state index contributed by atoms with van der Waals surface area (Å²) in [6, 6.07) is 8.39. The summed E-state index contributed by atoms with van der Waals surface area (Å²) >= 11 is 1.61. The highest BCUT2D eigenvalue weighted by Crippen LogP contribution is 2.29. The van der Waals surface area contributed by atoms with Crippen LogP contribution in [-0.2, 0) is 9.53 Å². The molecule has 4 heteroatoms. The molecule has 0 spiro atoms. The summed E-state index contributed by atoms with van der Waals surface area (Å²) in [6.07, 6.45) is 7.31. The smallest absolute Gasteiger partial charge is 0.319 e. The van der Waals surface area contributed by atoms with Crippen molar-refractivity contribution in [3.05, 3.63) is 24.3 Å². The molecule has 1 atom stereocenters. The van der Waals surface area contributed by atoms with Gasteiger partial charge in [0.1, 0.15) is 5.25 Å². The summed E-state index contributed by atoms with van der Waals surface area (Å²) in [7, 11) is 0. The number of hydrogen-bond acceptors (Lipinski definition) is 4. The second kappa shape index (κ2) is 13.1. The molecule has 0 fully saturated rings. The van der Waals surface area contributed by atoms with E-state index in [2.05, 4.69) is 50.4 Å². The quantitative estimate of drug-likeness (QED) is 0.259. The van der Waals surface area contributed by atoms with Gasteiger partial charge in [-0.3, -0.25) is 4.79 Å². The highest BCUT2D eigenvalue weighted by Gasteiger charge is 2.22. The van der Waals surface area contributed by atoms with Crippen LogP contribution < -0.4 is 5.32 Å². The van der Waals surface area contributed by atoms with Crippen molar-refractivity contribution in [2.24, 2.45) is 5.92 Å². The number of esters is 1. The van der Waals surface area contributed by atoms with Crippen LogP contribution in [0.5, 0.6) is 0 Å². The van der Waals surface area contributed by atoms with E-state index in [0.29, 0.717) is 12.5 Å². The molecule has 1 aromatic carbocycles. The molecule has 3 nitrogen and oxygen atoms in total. The van der Waals surface area contributed by atoms with E-state index in [1.54, 1.807) is 11.8 Å². The Hall–Kier alpha value is -1.16. The Labute approximate surface area is 158 Å². The fourth-order valence-corrected chi connectivity index (χ4v) is 3.90. The van der Waals surface area contributed by atoms with E-state index in [1.807, 2.05) is 6.92 Å². The van der Waals surface area contributed by atoms with Crippen molar-refractivity contribution >= 4 is 23.4 Å². The predicted octanol–water partition coefficient (Wildman–Crippen LogP) is 6.14. The molecule has 142 valence electrons. The third-order valence-corrected chi connectivity index (χ3v) is 5.19. The summed E-state index contributed by atoms with van der Waals surface area (Å²) in [4.78, 5) is 13.3. The Balaban J connectivity index is 2.46. The molecule has 1 rings (SSSR count). The summed E-state index contributed by atoms with van der Waals surface area (Å²) in [5.41, 5.74) is 1.15. The molecule has 0 aromatic heterocycles. The summed E-state index contributed by atoms with van der Waals surface area (Å²) in [5, 5.41) is 3.35. The van der Waals surface area contributed by atoms with Crippen LogP contribution in [0.2, 0.25) is 0 Å². The molecule has 0 radical (unpaired) electrons. The molecule has 0 amide bonds. The predicted molar refractivity (Wildman–Crippen MR) is 109 cm³/mol. The van der Waals surface area contributed by atoms with Gasteiger partial charge in [0.05, 0.1) is 6.61 Å². The first-order valence-electron chi connectivity index (χ1n) is 9.74. The Bertz CT molecular complexity index is 473. The lowest BCUT2D eigenvalue weighted by Gasteiger charge is -2.17. The molecule has 0 heterocycles. The number of unbranched alkanes of at least 4 members (excludes halogenated alkanes) is 4. The molecule has 0 aliphatic rings. The van der Waals surface area contributed by atoms with Crippen molar-refractivity contribution in [3.8, 4) is 0 Å². The van der Waals surface area contributed by atoms with E-state index in [1.165, 1.54) is 32.1 Å². The fraction of sp³-hybridized carbons (Fsp3) is 0.667. The van der Waals surface area contributed by atoms with E-state index in [0.717, 1.165) is 23.5 Å². The van der Waals surface area contributed by atoms with Crippen molar-refractivity contribution in [3.63, 3.8) is 0 Å². The van der Waals surface area contributed by atoms with Crippen LogP contribution in [0.4, 0.5) is 5.69 Å². The highest BCUT2D eigenvalue weighted by atomic mass is 32.2. The zero-order valence-corrected chi connectivity index (χ0v) is 17.2. The van der Waals surface area contributed by atoms with E-state index in [-0.39, 0.29) is 11.2 Å². The van der Waals surface area contributed by atoms with Crippen LogP contribution in [0.15, 0.2) is 29.2 Å². The minimum absolute atomic E-state index is 0.101. The number of anilines is 1. The number of carbonyl (C=O) groups excluding carboxylic acids is 1. The molecule has 25 heavy (non-hydrogen) atoms. The summed E-state index contributed by atoms with van der Waals surface area (Å²) in [6.45, 7) is 9.84. The van der Waals surface area contributed by atoms with Gasteiger partial charge in [0.25, 0.3) is 0 Å². The average molecular weight is 366 g/mol. The van der Waals surface area contributed by atoms with Crippen molar-refractivity contribution in [2.75, 3.05) is 18.5 Å². The third-order valence-electron chi connectivity index (χ3n) is 3.98. The first kappa shape index (κ1) is 21.9. The van der Waals surface area contributed by atoms with Crippen LogP contribution in [0.1, 0.15) is 66.2 Å². The number of benzene rings is 1. The standard InChI is InChI=1S/C21H35NO2S/c1-5-7-8-9-10-15-22-18-11-13-19(14-12-18)25-20(16-17(3)4)21(23)24-6-2/h11-14,17,20,22H,5-10,15-16H2,1-4H3. The van der Waals surface area contributed by atoms with Crippen LogP contribution in [0, 0.1) is 5.92 Å². The highest BCUT2D eigenvalue weighted by molar-refractivity contribution is 8.00. The van der Waals surface area contributed by atoms with Gasteiger partial charge in [0, 0.05) is 17.1 Å². The first-order chi connectivity index (χ1) is 12.1. The molecule has 1 N–H and O–H groups in total. The molecule has 1 unspecified atom stereocenters. The van der Waals surface area contributed by atoms with Crippen LogP contribution in [0.25, 0.3) is 0 Å². The maximum atomic E-state index is 12.1. The maximum Gasteiger partial charge on any atom is 0.319 e. The van der Waals surface area contributed by atoms with Gasteiger partial charge < -0.3 is 10.1 Å². The Morgan fingerprint density at radius 1 is 1.08 bits per heavy atom. The van der Waals surface area contributed by atoms with Crippen LogP contribution in [-0.4, -0.2) is 24.4 Å². The second-order valence-corrected chi connectivity index (χ2v) is 8.13. The van der Waals surface area contributed by atoms with Gasteiger partial charge in [0.15, 0.2) is 0 Å². The number of hydrogen-bond donors (Lipinski definition) is 1. The largest absolute Gasteiger partial charge is 0.465 e. The Kier molecular flexibility index (Phi) is 11.5. The van der Waals surface area contributed by atoms with Gasteiger partial charge in [-0.2, -0.15) is 0 Å². The van der Waals surface area contributed by atoms with Crippen molar-refractivity contribution in [1.29, 1.82) is 0 Å². The lowest BCUT2D eigenvalue weighted by molar-refractivity contribution is -0.142. The van der Waals surface area contributed by atoms with E-state index < -0.39 is 0 Å². The van der Waals surface area contributed by atoms with Gasteiger partial charge in [-0.15, -0.1) is 11.8 Å². The van der Waals surface area contributed by atoms with Crippen molar-refractivity contribution in [2.45, 2.75) is 76.4 Å². The topological polar surface area (TPSA) is 38.3 Å². The number of carbonyl (C=O) groups is 1. The van der Waals surface area contributed by atoms with Crippen LogP contribution >= 0.6 is 11.8 Å². The van der Waals surface area contributed by atoms with Gasteiger partial charge in [-0.25, -0.2) is 0 Å². The number of thioether (sulfide) groups is 1. The van der Waals surface area contributed by atoms with E-state index in [4.69, 9.17) is 4.74 Å². The molecular weight excluding hydrogens is 330 g/mol. The zero-order valence-electron chi connectivity index (χ0n) is 16.3. The van der Waals surface area contributed by atoms with Gasteiger partial charge >= 0.3 is 5.97 Å². The van der Waals surface area contributed by atoms with E-state index in [9.17, 15) is 4.79 Å². The molecule has 0 saturated carbocycles. The lowest BCUT2D eigenvalue weighted by Crippen LogP contribution is -2.22. The number of nitrogens with one attached hydrogen (secondary N) is 1. The molecule has 0 saturated heterocycles. The zero-order chi connectivity index (χ0) is 18.5. The van der Waals surface area contributed by atoms with Gasteiger partial charge in [-0.05, 0) is 49.9 Å². The SMILES string of the molecule is CCCCCCCNc1ccc(SC(CC(C)C)C(=O)OCC)cc1. The Morgan fingerprint density at radius 3 is 2.36 bits per heavy atom. The first-order valence-corrected chi connectivity index (χ1v) is 10.6. The van der Waals surface area contributed by atoms with E-state index >= 15 is 0 Å². The molecule has 0 aliphatic carbocycles. The van der Waals surface area contributed by atoms with Crippen LogP contribution in [0.3, 0.4) is 0 Å². The summed E-state index contributed by atoms with van der Waals surface area (Å²) < 4.78 is 5.22. The summed E-state index contributed by atoms with van der Waals surface area (Å²) in [5.74, 6) is 0.367. The van der Waals surface area contributed by atoms with Gasteiger partial charge in [0.2, 0.25) is 0 Å². The fourth-order valence-electron chi connectivity index (χ4n) is 2.63. The second-order valence-electron chi connectivity index (χ2n) is 6.85. The van der Waals surface area contributed by atoms with Crippen molar-refractivity contribution in [1.82, 2.24) is 0 Å². The number of ether oxygens (including phenoxy) is 1. The van der Waals surface area contributed by atoms with Gasteiger partial charge in [-0.1, -0.05) is 46.5 Å². The van der Waals surface area contributed by atoms with Crippen molar-refractivity contribution < 1.29 is 9.53 Å². The molecule has 0 bridgehead atoms. The minimum atomic E-state index is -0.127.